The fourth-order valence-corrected chi connectivity index (χ4v) is 4.21. The Labute approximate surface area is 214 Å². The van der Waals surface area contributed by atoms with Crippen LogP contribution in [-0.2, 0) is 11.2 Å². The SMILES string of the molecule is COc1ccc(C(=O)Oc2ccc3ccccc3c2/C=N\NC(=O)Cc2cccc3ccccc23)cc1. The molecule has 0 fully saturated rings. The standard InChI is InChI=1S/C31H24N2O4/c1-36-25-16-13-23(14-17-25)31(35)37-29-18-15-22-8-3-5-12-27(22)28(29)20-32-33-30(34)19-24-10-6-9-21-7-2-4-11-26(21)24/h2-18,20H,19H2,1H3,(H,33,34)/b32-20-. The van der Waals surface area contributed by atoms with Gasteiger partial charge in [-0.15, -0.1) is 0 Å². The van der Waals surface area contributed by atoms with Gasteiger partial charge in [0.05, 0.1) is 25.3 Å². The van der Waals surface area contributed by atoms with Gasteiger partial charge in [0, 0.05) is 5.56 Å². The molecular weight excluding hydrogens is 464 g/mol. The highest BCUT2D eigenvalue weighted by Crippen LogP contribution is 2.28. The zero-order valence-electron chi connectivity index (χ0n) is 20.2. The molecule has 0 aliphatic carbocycles. The number of hydrogen-bond donors (Lipinski definition) is 1. The molecule has 0 heterocycles. The van der Waals surface area contributed by atoms with Gasteiger partial charge >= 0.3 is 5.97 Å². The molecule has 0 spiro atoms. The Balaban J connectivity index is 1.37. The van der Waals surface area contributed by atoms with Gasteiger partial charge in [-0.25, -0.2) is 10.2 Å². The van der Waals surface area contributed by atoms with Crippen molar-refractivity contribution in [3.05, 3.63) is 120 Å². The normalized spacial score (nSPS) is 11.1. The Morgan fingerprint density at radius 3 is 2.22 bits per heavy atom. The maximum Gasteiger partial charge on any atom is 0.343 e. The quantitative estimate of drug-likeness (QED) is 0.134. The van der Waals surface area contributed by atoms with Gasteiger partial charge in [-0.3, -0.25) is 4.79 Å². The Morgan fingerprint density at radius 2 is 1.46 bits per heavy atom. The lowest BCUT2D eigenvalue weighted by atomic mass is 10.0. The van der Waals surface area contributed by atoms with Gasteiger partial charge in [0.1, 0.15) is 11.5 Å². The van der Waals surface area contributed by atoms with E-state index < -0.39 is 5.97 Å². The highest BCUT2D eigenvalue weighted by atomic mass is 16.5. The summed E-state index contributed by atoms with van der Waals surface area (Å²) in [6.07, 6.45) is 1.70. The number of fused-ring (bicyclic) bond motifs is 2. The molecule has 0 unspecified atom stereocenters. The number of ether oxygens (including phenoxy) is 2. The van der Waals surface area contributed by atoms with Crippen molar-refractivity contribution in [1.82, 2.24) is 5.43 Å². The second kappa shape index (κ2) is 10.7. The Morgan fingerprint density at radius 1 is 0.784 bits per heavy atom. The lowest BCUT2D eigenvalue weighted by Gasteiger charge is -2.11. The van der Waals surface area contributed by atoms with E-state index in [1.54, 1.807) is 37.4 Å². The minimum Gasteiger partial charge on any atom is -0.497 e. The third-order valence-corrected chi connectivity index (χ3v) is 6.07. The fraction of sp³-hybridized carbons (Fsp3) is 0.0645. The highest BCUT2D eigenvalue weighted by Gasteiger charge is 2.14. The third-order valence-electron chi connectivity index (χ3n) is 6.07. The molecule has 0 saturated carbocycles. The molecule has 0 atom stereocenters. The minimum atomic E-state index is -0.507. The number of hydrazone groups is 1. The van der Waals surface area contributed by atoms with Gasteiger partial charge in [-0.1, -0.05) is 72.8 Å². The van der Waals surface area contributed by atoms with E-state index in [9.17, 15) is 9.59 Å². The molecule has 0 aliphatic heterocycles. The van der Waals surface area contributed by atoms with Crippen molar-refractivity contribution in [2.75, 3.05) is 7.11 Å². The number of esters is 1. The molecule has 0 bridgehead atoms. The van der Waals surface area contributed by atoms with E-state index in [-0.39, 0.29) is 12.3 Å². The van der Waals surface area contributed by atoms with E-state index in [4.69, 9.17) is 9.47 Å². The summed E-state index contributed by atoms with van der Waals surface area (Å²) < 4.78 is 10.9. The Kier molecular flexibility index (Phi) is 6.90. The monoisotopic (exact) mass is 488 g/mol. The maximum atomic E-state index is 12.8. The molecule has 1 N–H and O–H groups in total. The van der Waals surface area contributed by atoms with Crippen LogP contribution in [0.1, 0.15) is 21.5 Å². The lowest BCUT2D eigenvalue weighted by molar-refractivity contribution is -0.120. The molecule has 6 nitrogen and oxygen atoms in total. The van der Waals surface area contributed by atoms with Crippen LogP contribution in [-0.4, -0.2) is 25.2 Å². The van der Waals surface area contributed by atoms with Crippen LogP contribution >= 0.6 is 0 Å². The molecule has 0 radical (unpaired) electrons. The van der Waals surface area contributed by atoms with Crippen LogP contribution < -0.4 is 14.9 Å². The predicted molar refractivity (Wildman–Crippen MR) is 145 cm³/mol. The van der Waals surface area contributed by atoms with Gasteiger partial charge in [-0.2, -0.15) is 5.10 Å². The zero-order chi connectivity index (χ0) is 25.6. The number of benzene rings is 5. The molecule has 5 aromatic carbocycles. The van der Waals surface area contributed by atoms with Gasteiger partial charge in [0.25, 0.3) is 0 Å². The third kappa shape index (κ3) is 5.33. The Bertz CT molecular complexity index is 1620. The molecule has 0 aliphatic rings. The van der Waals surface area contributed by atoms with E-state index in [2.05, 4.69) is 10.5 Å². The summed E-state index contributed by atoms with van der Waals surface area (Å²) in [6, 6.07) is 31.8. The van der Waals surface area contributed by atoms with Crippen LogP contribution in [0, 0.1) is 0 Å². The van der Waals surface area contributed by atoms with Crippen LogP contribution in [0.2, 0.25) is 0 Å². The van der Waals surface area contributed by atoms with Crippen LogP contribution in [0.5, 0.6) is 11.5 Å². The summed E-state index contributed by atoms with van der Waals surface area (Å²) in [5.74, 6) is 0.234. The van der Waals surface area contributed by atoms with E-state index in [1.165, 1.54) is 6.21 Å². The lowest BCUT2D eigenvalue weighted by Crippen LogP contribution is -2.20. The Hall–Kier alpha value is -4.97. The van der Waals surface area contributed by atoms with Crippen molar-refractivity contribution in [3.8, 4) is 11.5 Å². The summed E-state index contributed by atoms with van der Waals surface area (Å²) in [7, 11) is 1.56. The summed E-state index contributed by atoms with van der Waals surface area (Å²) in [5.41, 5.74) is 4.51. The number of carbonyl (C=O) groups is 2. The molecule has 0 aromatic heterocycles. The van der Waals surface area contributed by atoms with E-state index >= 15 is 0 Å². The van der Waals surface area contributed by atoms with Crippen molar-refractivity contribution in [1.29, 1.82) is 0 Å². The first kappa shape index (κ1) is 23.8. The molecule has 0 saturated heterocycles. The molecule has 6 heteroatoms. The first-order valence-corrected chi connectivity index (χ1v) is 11.8. The van der Waals surface area contributed by atoms with Crippen LogP contribution in [0.3, 0.4) is 0 Å². The number of nitrogens with one attached hydrogen (secondary N) is 1. The molecule has 5 aromatic rings. The van der Waals surface area contributed by atoms with Gasteiger partial charge in [0.2, 0.25) is 5.91 Å². The zero-order valence-corrected chi connectivity index (χ0v) is 20.2. The van der Waals surface area contributed by atoms with Crippen molar-refractivity contribution in [2.24, 2.45) is 5.10 Å². The number of hydrogen-bond acceptors (Lipinski definition) is 5. The maximum absolute atomic E-state index is 12.8. The van der Waals surface area contributed by atoms with Crippen LogP contribution in [0.25, 0.3) is 21.5 Å². The minimum absolute atomic E-state index is 0.188. The summed E-state index contributed by atoms with van der Waals surface area (Å²) in [4.78, 5) is 25.5. The average molecular weight is 489 g/mol. The van der Waals surface area contributed by atoms with Gasteiger partial charge in [0.15, 0.2) is 0 Å². The first-order chi connectivity index (χ1) is 18.1. The van der Waals surface area contributed by atoms with Gasteiger partial charge < -0.3 is 9.47 Å². The molecule has 1 amide bonds. The van der Waals surface area contributed by atoms with Crippen LogP contribution in [0.4, 0.5) is 0 Å². The van der Waals surface area contributed by atoms with Crippen molar-refractivity contribution < 1.29 is 19.1 Å². The number of carbonyl (C=O) groups excluding carboxylic acids is 2. The summed E-state index contributed by atoms with van der Waals surface area (Å²) >= 11 is 0. The number of amides is 1. The second-order valence-corrected chi connectivity index (χ2v) is 8.42. The smallest absolute Gasteiger partial charge is 0.343 e. The van der Waals surface area contributed by atoms with E-state index in [0.29, 0.717) is 22.6 Å². The molecule has 37 heavy (non-hydrogen) atoms. The summed E-state index contributed by atoms with van der Waals surface area (Å²) in [6.45, 7) is 0. The second-order valence-electron chi connectivity index (χ2n) is 8.42. The van der Waals surface area contributed by atoms with Crippen molar-refractivity contribution in [2.45, 2.75) is 6.42 Å². The number of rotatable bonds is 7. The topological polar surface area (TPSA) is 77.0 Å². The van der Waals surface area contributed by atoms with E-state index in [0.717, 1.165) is 27.1 Å². The van der Waals surface area contributed by atoms with Gasteiger partial charge in [-0.05, 0) is 57.4 Å². The molecular formula is C31H24N2O4. The average Bonchev–Trinajstić information content (AvgIpc) is 2.94. The molecule has 182 valence electrons. The highest BCUT2D eigenvalue weighted by molar-refractivity contribution is 6.04. The van der Waals surface area contributed by atoms with Crippen LogP contribution in [0.15, 0.2) is 108 Å². The van der Waals surface area contributed by atoms with E-state index in [1.807, 2.05) is 72.8 Å². The first-order valence-electron chi connectivity index (χ1n) is 11.8. The largest absolute Gasteiger partial charge is 0.497 e. The van der Waals surface area contributed by atoms with Crippen molar-refractivity contribution >= 4 is 39.6 Å². The summed E-state index contributed by atoms with van der Waals surface area (Å²) in [5, 5.41) is 8.11. The predicted octanol–water partition coefficient (Wildman–Crippen LogP) is 5.91. The molecule has 5 rings (SSSR count). The number of nitrogens with zero attached hydrogens (tertiary/aromatic N) is 1. The number of methoxy groups -OCH3 is 1. The van der Waals surface area contributed by atoms with Crippen molar-refractivity contribution in [3.63, 3.8) is 0 Å². The fourth-order valence-electron chi connectivity index (χ4n) is 4.21.